The van der Waals surface area contributed by atoms with Gasteiger partial charge in [-0.05, 0) is 140 Å². The summed E-state index contributed by atoms with van der Waals surface area (Å²) in [6.45, 7) is 13.9. The largest absolute Gasteiger partial charge is 0.323 e. The zero-order valence-corrected chi connectivity index (χ0v) is 34.1. The van der Waals surface area contributed by atoms with Gasteiger partial charge in [0.2, 0.25) is 0 Å². The summed E-state index contributed by atoms with van der Waals surface area (Å²) in [5, 5.41) is 1.56. The van der Waals surface area contributed by atoms with Gasteiger partial charge < -0.3 is 9.13 Å². The standard InChI is InChI=1S/C47H55Cl2N5/c1-31-22-43-44(24-32(31)2)54(29-37-14-18-41(49)19-15-37)47(51-43)34(4)21-38-11-8-20-52(27-38)30-39-26-45-42(23-33(39)3)50-46(25-35-9-6-5-7-10-35)53(45)28-36-12-16-40(48)17-13-36/h12-19,22-24,26,34-35,38H,5-11,20-21,25,27-30H2,1-4H3. The number of hydrogen-bond donors (Lipinski definition) is 0. The van der Waals surface area contributed by atoms with E-state index in [1.807, 2.05) is 24.3 Å². The molecular weight excluding hydrogens is 705 g/mol. The van der Waals surface area contributed by atoms with Crippen molar-refractivity contribution in [3.63, 3.8) is 0 Å². The Morgan fingerprint density at radius 1 is 0.648 bits per heavy atom. The number of nitrogens with zero attached hydrogens (tertiary/aromatic N) is 5. The number of rotatable bonds is 11. The first-order valence-corrected chi connectivity index (χ1v) is 21.1. The van der Waals surface area contributed by atoms with Gasteiger partial charge in [0.05, 0.1) is 22.1 Å². The minimum Gasteiger partial charge on any atom is -0.323 e. The van der Waals surface area contributed by atoms with Gasteiger partial charge in [-0.15, -0.1) is 0 Å². The van der Waals surface area contributed by atoms with Crippen LogP contribution in [0.3, 0.4) is 0 Å². The summed E-state index contributed by atoms with van der Waals surface area (Å²) in [4.78, 5) is 13.3. The fourth-order valence-corrected chi connectivity index (χ4v) is 9.59. The predicted molar refractivity (Wildman–Crippen MR) is 226 cm³/mol. The molecule has 6 aromatic rings. The number of hydrogen-bond acceptors (Lipinski definition) is 3. The third kappa shape index (κ3) is 8.29. The van der Waals surface area contributed by atoms with Gasteiger partial charge in [0.1, 0.15) is 11.6 Å². The molecule has 54 heavy (non-hydrogen) atoms. The highest BCUT2D eigenvalue weighted by Crippen LogP contribution is 2.34. The van der Waals surface area contributed by atoms with Crippen molar-refractivity contribution in [1.29, 1.82) is 0 Å². The van der Waals surface area contributed by atoms with E-state index in [2.05, 4.69) is 90.3 Å². The molecule has 0 spiro atoms. The number of aryl methyl sites for hydroxylation is 3. The predicted octanol–water partition coefficient (Wildman–Crippen LogP) is 12.2. The Morgan fingerprint density at radius 2 is 1.24 bits per heavy atom. The van der Waals surface area contributed by atoms with E-state index in [9.17, 15) is 0 Å². The Morgan fingerprint density at radius 3 is 1.94 bits per heavy atom. The lowest BCUT2D eigenvalue weighted by Crippen LogP contribution is -2.35. The quantitative estimate of drug-likeness (QED) is 0.132. The molecule has 0 N–H and O–H groups in total. The van der Waals surface area contributed by atoms with Crippen molar-refractivity contribution in [3.05, 3.63) is 128 Å². The first kappa shape index (κ1) is 37.3. The Kier molecular flexibility index (Phi) is 11.2. The highest BCUT2D eigenvalue weighted by molar-refractivity contribution is 6.30. The molecule has 282 valence electrons. The Labute approximate surface area is 331 Å². The van der Waals surface area contributed by atoms with Crippen LogP contribution < -0.4 is 0 Å². The molecule has 1 aliphatic heterocycles. The zero-order valence-electron chi connectivity index (χ0n) is 32.6. The van der Waals surface area contributed by atoms with Crippen molar-refractivity contribution in [3.8, 4) is 0 Å². The summed E-state index contributed by atoms with van der Waals surface area (Å²) >= 11 is 12.5. The molecule has 5 nitrogen and oxygen atoms in total. The SMILES string of the molecule is Cc1cc2nc(C(C)CC3CCCN(Cc4cc5c(cc4C)nc(CC4CCCCC4)n5Cc4ccc(Cl)cc4)C3)n(Cc3ccc(Cl)cc3)c2cc1C. The van der Waals surface area contributed by atoms with Gasteiger partial charge >= 0.3 is 0 Å². The van der Waals surface area contributed by atoms with Crippen molar-refractivity contribution in [2.24, 2.45) is 11.8 Å². The van der Waals surface area contributed by atoms with Crippen LogP contribution in [0.2, 0.25) is 10.0 Å². The molecule has 0 amide bonds. The molecule has 0 radical (unpaired) electrons. The van der Waals surface area contributed by atoms with Crippen molar-refractivity contribution >= 4 is 45.3 Å². The summed E-state index contributed by atoms with van der Waals surface area (Å²) in [6.07, 6.45) is 11.4. The number of aromatic nitrogens is 4. The molecular formula is C47H55Cl2N5. The number of benzene rings is 4. The lowest BCUT2D eigenvalue weighted by Gasteiger charge is -2.34. The fourth-order valence-electron chi connectivity index (χ4n) is 9.34. The van der Waals surface area contributed by atoms with Crippen molar-refractivity contribution in [1.82, 2.24) is 24.0 Å². The zero-order chi connectivity index (χ0) is 37.3. The first-order chi connectivity index (χ1) is 26.2. The number of fused-ring (bicyclic) bond motifs is 2. The van der Waals surface area contributed by atoms with Crippen LogP contribution >= 0.6 is 23.2 Å². The Hall–Kier alpha value is -3.64. The van der Waals surface area contributed by atoms with Gasteiger partial charge in [-0.2, -0.15) is 0 Å². The molecule has 7 heteroatoms. The van der Waals surface area contributed by atoms with Crippen LogP contribution in [0, 0.1) is 32.6 Å². The molecule has 2 unspecified atom stereocenters. The maximum atomic E-state index is 6.28. The average molecular weight is 761 g/mol. The number of halogens is 2. The summed E-state index contributed by atoms with van der Waals surface area (Å²) in [5.41, 5.74) is 12.6. The molecule has 1 saturated carbocycles. The fraction of sp³-hybridized carbons (Fsp3) is 0.447. The van der Waals surface area contributed by atoms with Crippen LogP contribution in [-0.2, 0) is 26.1 Å². The molecule has 8 rings (SSSR count). The summed E-state index contributed by atoms with van der Waals surface area (Å²) in [7, 11) is 0. The number of piperidine rings is 1. The second-order valence-corrected chi connectivity index (χ2v) is 17.6. The molecule has 1 saturated heterocycles. The average Bonchev–Trinajstić information content (AvgIpc) is 3.66. The Bertz CT molecular complexity index is 2230. The molecule has 1 aliphatic carbocycles. The second kappa shape index (κ2) is 16.2. The molecule has 2 aliphatic rings. The first-order valence-electron chi connectivity index (χ1n) is 20.3. The van der Waals surface area contributed by atoms with Gasteiger partial charge in [-0.25, -0.2) is 9.97 Å². The van der Waals surface area contributed by atoms with E-state index >= 15 is 0 Å². The van der Waals surface area contributed by atoms with Crippen LogP contribution in [0.15, 0.2) is 72.8 Å². The van der Waals surface area contributed by atoms with E-state index in [1.54, 1.807) is 0 Å². The number of imidazole rings is 2. The second-order valence-electron chi connectivity index (χ2n) is 16.7. The maximum Gasteiger partial charge on any atom is 0.113 e. The summed E-state index contributed by atoms with van der Waals surface area (Å²) in [5.74, 6) is 4.14. The lowest BCUT2D eigenvalue weighted by molar-refractivity contribution is 0.156. The summed E-state index contributed by atoms with van der Waals surface area (Å²) < 4.78 is 4.97. The van der Waals surface area contributed by atoms with E-state index in [4.69, 9.17) is 33.2 Å². The van der Waals surface area contributed by atoms with Gasteiger partial charge in [0.25, 0.3) is 0 Å². The van der Waals surface area contributed by atoms with Crippen LogP contribution in [0.4, 0.5) is 0 Å². The van der Waals surface area contributed by atoms with E-state index < -0.39 is 0 Å². The van der Waals surface area contributed by atoms with Gasteiger partial charge in [0, 0.05) is 48.6 Å². The normalized spacial score (nSPS) is 17.9. The van der Waals surface area contributed by atoms with Crippen LogP contribution in [-0.4, -0.2) is 37.1 Å². The van der Waals surface area contributed by atoms with Crippen molar-refractivity contribution < 1.29 is 0 Å². The smallest absolute Gasteiger partial charge is 0.113 e. The molecule has 0 bridgehead atoms. The minimum atomic E-state index is 0.346. The third-order valence-electron chi connectivity index (χ3n) is 12.5. The van der Waals surface area contributed by atoms with E-state index in [0.29, 0.717) is 11.8 Å². The summed E-state index contributed by atoms with van der Waals surface area (Å²) in [6, 6.07) is 26.0. The van der Waals surface area contributed by atoms with Crippen molar-refractivity contribution in [2.75, 3.05) is 13.1 Å². The number of likely N-dealkylation sites (tertiary alicyclic amines) is 1. The molecule has 2 fully saturated rings. The Balaban J connectivity index is 1.02. The molecule has 2 atom stereocenters. The van der Waals surface area contributed by atoms with E-state index in [0.717, 1.165) is 72.6 Å². The van der Waals surface area contributed by atoms with Gasteiger partial charge in [-0.3, -0.25) is 4.90 Å². The lowest BCUT2D eigenvalue weighted by atomic mass is 9.87. The molecule has 2 aromatic heterocycles. The third-order valence-corrected chi connectivity index (χ3v) is 13.0. The van der Waals surface area contributed by atoms with Crippen molar-refractivity contribution in [2.45, 2.75) is 111 Å². The topological polar surface area (TPSA) is 38.9 Å². The van der Waals surface area contributed by atoms with Crippen LogP contribution in [0.1, 0.15) is 109 Å². The van der Waals surface area contributed by atoms with E-state index in [1.165, 1.54) is 101 Å². The molecule has 3 heterocycles. The van der Waals surface area contributed by atoms with E-state index in [-0.39, 0.29) is 0 Å². The highest BCUT2D eigenvalue weighted by Gasteiger charge is 2.27. The maximum absolute atomic E-state index is 6.28. The molecule has 4 aromatic carbocycles. The highest BCUT2D eigenvalue weighted by atomic mass is 35.5. The van der Waals surface area contributed by atoms with Crippen LogP contribution in [0.5, 0.6) is 0 Å². The van der Waals surface area contributed by atoms with Gasteiger partial charge in [0.15, 0.2) is 0 Å². The van der Waals surface area contributed by atoms with Crippen LogP contribution in [0.25, 0.3) is 22.1 Å². The van der Waals surface area contributed by atoms with Gasteiger partial charge in [-0.1, -0.05) is 86.5 Å². The monoisotopic (exact) mass is 759 g/mol. The minimum absolute atomic E-state index is 0.346.